The first-order chi connectivity index (χ1) is 11.9. The molecule has 25 heavy (non-hydrogen) atoms. The van der Waals surface area contributed by atoms with Crippen molar-refractivity contribution in [2.75, 3.05) is 6.61 Å². The highest BCUT2D eigenvalue weighted by molar-refractivity contribution is 6.01. The van der Waals surface area contributed by atoms with Crippen LogP contribution in [0.15, 0.2) is 47.6 Å². The quantitative estimate of drug-likeness (QED) is 0.473. The number of nitro groups is 1. The zero-order chi connectivity index (χ0) is 18.4. The Balaban J connectivity index is 1.99. The van der Waals surface area contributed by atoms with E-state index in [2.05, 4.69) is 10.5 Å². The number of ether oxygens (including phenoxy) is 1. The second kappa shape index (κ2) is 7.86. The molecular formula is C16H14FN3O5. The molecule has 2 aromatic rings. The molecule has 2 aromatic carbocycles. The summed E-state index contributed by atoms with van der Waals surface area (Å²) in [6, 6.07) is 8.96. The molecule has 0 aliphatic rings. The average molecular weight is 347 g/mol. The summed E-state index contributed by atoms with van der Waals surface area (Å²) in [6.45, 7) is 0.967. The normalized spacial score (nSPS) is 11.0. The number of nitrogens with zero attached hydrogens (tertiary/aromatic N) is 2. The van der Waals surface area contributed by atoms with E-state index in [1.54, 1.807) is 0 Å². The molecule has 130 valence electrons. The van der Waals surface area contributed by atoms with Gasteiger partial charge in [0.05, 0.1) is 10.6 Å². The first kappa shape index (κ1) is 17.9. The van der Waals surface area contributed by atoms with E-state index in [4.69, 9.17) is 4.74 Å². The summed E-state index contributed by atoms with van der Waals surface area (Å²) in [4.78, 5) is 22.0. The molecule has 0 radical (unpaired) electrons. The molecule has 0 aliphatic heterocycles. The van der Waals surface area contributed by atoms with Crippen LogP contribution in [-0.2, 0) is 4.79 Å². The second-order valence-electron chi connectivity index (χ2n) is 4.91. The zero-order valence-corrected chi connectivity index (χ0v) is 13.1. The minimum absolute atomic E-state index is 0.0499. The third-order valence-electron chi connectivity index (χ3n) is 3.12. The van der Waals surface area contributed by atoms with Crippen molar-refractivity contribution in [2.45, 2.75) is 6.92 Å². The second-order valence-corrected chi connectivity index (χ2v) is 4.91. The summed E-state index contributed by atoms with van der Waals surface area (Å²) in [6.07, 6.45) is 0. The molecule has 0 saturated carbocycles. The van der Waals surface area contributed by atoms with Crippen molar-refractivity contribution in [1.29, 1.82) is 0 Å². The summed E-state index contributed by atoms with van der Waals surface area (Å²) in [5, 5.41) is 24.2. The number of aromatic hydroxyl groups is 1. The Hall–Kier alpha value is -3.49. The van der Waals surface area contributed by atoms with Crippen LogP contribution in [0.2, 0.25) is 0 Å². The minimum atomic E-state index is -0.673. The Morgan fingerprint density at radius 1 is 1.36 bits per heavy atom. The number of carbonyl (C=O) groups is 1. The first-order valence-electron chi connectivity index (χ1n) is 7.06. The summed E-state index contributed by atoms with van der Waals surface area (Å²) in [7, 11) is 0. The predicted molar refractivity (Wildman–Crippen MR) is 87.0 cm³/mol. The van der Waals surface area contributed by atoms with E-state index in [1.807, 2.05) is 0 Å². The topological polar surface area (TPSA) is 114 Å². The standard InChI is InChI=1S/C16H14FN3O5/c1-10(12-8-11(17)6-7-14(12)21)18-19-16(22)9-25-15-5-3-2-4-13(15)20(23)24/h2-8,21H,9H2,1H3,(H,19,22)/b18-10+. The molecule has 9 heteroatoms. The predicted octanol–water partition coefficient (Wildman–Crippen LogP) is 2.36. The van der Waals surface area contributed by atoms with Gasteiger partial charge in [-0.25, -0.2) is 9.82 Å². The number of rotatable bonds is 6. The van der Waals surface area contributed by atoms with Gasteiger partial charge < -0.3 is 9.84 Å². The highest BCUT2D eigenvalue weighted by Crippen LogP contribution is 2.25. The van der Waals surface area contributed by atoms with Crippen LogP contribution >= 0.6 is 0 Å². The largest absolute Gasteiger partial charge is 0.507 e. The van der Waals surface area contributed by atoms with E-state index in [0.29, 0.717) is 0 Å². The third kappa shape index (κ3) is 4.74. The molecule has 0 unspecified atom stereocenters. The van der Waals surface area contributed by atoms with Gasteiger partial charge in [-0.05, 0) is 31.2 Å². The molecule has 0 heterocycles. The van der Waals surface area contributed by atoms with Gasteiger partial charge in [-0.1, -0.05) is 12.1 Å². The molecule has 2 rings (SSSR count). The summed E-state index contributed by atoms with van der Waals surface area (Å²) >= 11 is 0. The highest BCUT2D eigenvalue weighted by Gasteiger charge is 2.15. The van der Waals surface area contributed by atoms with Gasteiger partial charge in [0, 0.05) is 11.6 Å². The molecule has 0 spiro atoms. The van der Waals surface area contributed by atoms with Gasteiger partial charge in [-0.2, -0.15) is 5.10 Å². The van der Waals surface area contributed by atoms with Crippen LogP contribution in [0, 0.1) is 15.9 Å². The number of hydrogen-bond donors (Lipinski definition) is 2. The number of amides is 1. The summed E-state index contributed by atoms with van der Waals surface area (Å²) in [5.74, 6) is -1.47. The van der Waals surface area contributed by atoms with Gasteiger partial charge in [0.1, 0.15) is 11.6 Å². The van der Waals surface area contributed by atoms with Gasteiger partial charge >= 0.3 is 5.69 Å². The molecule has 2 N–H and O–H groups in total. The van der Waals surface area contributed by atoms with Gasteiger partial charge in [-0.3, -0.25) is 14.9 Å². The third-order valence-corrected chi connectivity index (χ3v) is 3.12. The van der Waals surface area contributed by atoms with Crippen molar-refractivity contribution >= 4 is 17.3 Å². The fourth-order valence-corrected chi connectivity index (χ4v) is 1.91. The molecule has 0 fully saturated rings. The van der Waals surface area contributed by atoms with Crippen molar-refractivity contribution in [3.05, 3.63) is 64.0 Å². The lowest BCUT2D eigenvalue weighted by molar-refractivity contribution is -0.385. The fraction of sp³-hybridized carbons (Fsp3) is 0.125. The highest BCUT2D eigenvalue weighted by atomic mass is 19.1. The van der Waals surface area contributed by atoms with Crippen LogP contribution in [0.4, 0.5) is 10.1 Å². The maximum Gasteiger partial charge on any atom is 0.310 e. The number of halogens is 1. The molecule has 0 saturated heterocycles. The van der Waals surface area contributed by atoms with Crippen LogP contribution in [0.5, 0.6) is 11.5 Å². The van der Waals surface area contributed by atoms with Crippen LogP contribution in [0.3, 0.4) is 0 Å². The van der Waals surface area contributed by atoms with Crippen molar-refractivity contribution < 1.29 is 24.0 Å². The molecule has 0 atom stereocenters. The van der Waals surface area contributed by atoms with Gasteiger partial charge in [0.15, 0.2) is 12.4 Å². The number of para-hydroxylation sites is 2. The fourth-order valence-electron chi connectivity index (χ4n) is 1.91. The Bertz CT molecular complexity index is 838. The smallest absolute Gasteiger partial charge is 0.310 e. The molecule has 1 amide bonds. The van der Waals surface area contributed by atoms with Gasteiger partial charge in [0.2, 0.25) is 0 Å². The average Bonchev–Trinajstić information content (AvgIpc) is 2.60. The lowest BCUT2D eigenvalue weighted by Gasteiger charge is -2.07. The van der Waals surface area contributed by atoms with E-state index in [1.165, 1.54) is 37.3 Å². The Labute approximate surface area is 141 Å². The van der Waals surface area contributed by atoms with Crippen molar-refractivity contribution in [2.24, 2.45) is 5.10 Å². The number of hydrogen-bond acceptors (Lipinski definition) is 6. The molecule has 0 aliphatic carbocycles. The van der Waals surface area contributed by atoms with E-state index >= 15 is 0 Å². The number of nitro benzene ring substituents is 1. The Morgan fingerprint density at radius 3 is 2.80 bits per heavy atom. The maximum atomic E-state index is 13.2. The monoisotopic (exact) mass is 347 g/mol. The van der Waals surface area contributed by atoms with E-state index in [0.717, 1.165) is 12.1 Å². The van der Waals surface area contributed by atoms with Crippen molar-refractivity contribution in [3.63, 3.8) is 0 Å². The van der Waals surface area contributed by atoms with Crippen molar-refractivity contribution in [3.8, 4) is 11.5 Å². The number of hydrazone groups is 1. The lowest BCUT2D eigenvalue weighted by atomic mass is 10.1. The van der Waals surface area contributed by atoms with Gasteiger partial charge in [0.25, 0.3) is 5.91 Å². The number of nitrogens with one attached hydrogen (secondary N) is 1. The summed E-state index contributed by atoms with van der Waals surface area (Å²) in [5.41, 5.74) is 2.20. The van der Waals surface area contributed by atoms with Crippen LogP contribution in [0.1, 0.15) is 12.5 Å². The summed E-state index contributed by atoms with van der Waals surface area (Å²) < 4.78 is 18.3. The minimum Gasteiger partial charge on any atom is -0.507 e. The van der Waals surface area contributed by atoms with E-state index in [-0.39, 0.29) is 28.5 Å². The van der Waals surface area contributed by atoms with Gasteiger partial charge in [-0.15, -0.1) is 0 Å². The zero-order valence-electron chi connectivity index (χ0n) is 13.1. The number of carbonyl (C=O) groups excluding carboxylic acids is 1. The van der Waals surface area contributed by atoms with Crippen molar-refractivity contribution in [1.82, 2.24) is 5.43 Å². The molecular weight excluding hydrogens is 333 g/mol. The number of benzene rings is 2. The number of phenolic OH excluding ortho intramolecular Hbond substituents is 1. The SMILES string of the molecule is C/C(=N\NC(=O)COc1ccccc1[N+](=O)[O-])c1cc(F)ccc1O. The number of phenols is 1. The molecule has 0 aromatic heterocycles. The van der Waals surface area contributed by atoms with E-state index < -0.39 is 23.3 Å². The maximum absolute atomic E-state index is 13.2. The van der Waals surface area contributed by atoms with Crippen LogP contribution < -0.4 is 10.2 Å². The lowest BCUT2D eigenvalue weighted by Crippen LogP contribution is -2.25. The molecule has 8 nitrogen and oxygen atoms in total. The van der Waals surface area contributed by atoms with Crippen LogP contribution in [-0.4, -0.2) is 28.3 Å². The van der Waals surface area contributed by atoms with E-state index in [9.17, 15) is 24.4 Å². The first-order valence-corrected chi connectivity index (χ1v) is 7.06. The Kier molecular flexibility index (Phi) is 5.62. The Morgan fingerprint density at radius 2 is 2.08 bits per heavy atom. The molecule has 0 bridgehead atoms. The van der Waals surface area contributed by atoms with Crippen LogP contribution in [0.25, 0.3) is 0 Å².